The number of hydrogen-bond acceptors (Lipinski definition) is 4. The molecule has 1 fully saturated rings. The summed E-state index contributed by atoms with van der Waals surface area (Å²) in [6.07, 6.45) is 3.48. The van der Waals surface area contributed by atoms with Crippen molar-refractivity contribution in [2.75, 3.05) is 6.61 Å². The minimum Gasteiger partial charge on any atom is -0.872 e. The number of carbonyl (C=O) groups is 2. The molecule has 1 aliphatic rings. The van der Waals surface area contributed by atoms with Gasteiger partial charge in [-0.05, 0) is 59.9 Å². The van der Waals surface area contributed by atoms with Crippen LogP contribution < -0.4 is 14.8 Å². The molecule has 186 valence electrons. The van der Waals surface area contributed by atoms with Gasteiger partial charge < -0.3 is 14.7 Å². The van der Waals surface area contributed by atoms with E-state index in [1.54, 1.807) is 61.8 Å². The molecule has 0 aliphatic carbocycles. The summed E-state index contributed by atoms with van der Waals surface area (Å²) in [4.78, 5) is 30.8. The van der Waals surface area contributed by atoms with E-state index >= 15 is 0 Å². The molecule has 3 aromatic rings. The van der Waals surface area contributed by atoms with Crippen LogP contribution in [0.5, 0.6) is 5.75 Å². The number of carbonyl (C=O) groups excluding carboxylic acids is 2. The highest BCUT2D eigenvalue weighted by atomic mass is 35.5. The monoisotopic (exact) mass is 524 g/mol. The van der Waals surface area contributed by atoms with E-state index < -0.39 is 23.5 Å². The fourth-order valence-electron chi connectivity index (χ4n) is 4.18. The third-order valence-corrected chi connectivity index (χ3v) is 6.68. The van der Waals surface area contributed by atoms with Crippen LogP contribution in [0.1, 0.15) is 42.1 Å². The number of aromatic nitrogens is 1. The topological polar surface area (TPSA) is 83.8 Å². The summed E-state index contributed by atoms with van der Waals surface area (Å²) in [6.45, 7) is 6.55. The van der Waals surface area contributed by atoms with Gasteiger partial charge in [0.1, 0.15) is 5.75 Å². The summed E-state index contributed by atoms with van der Waals surface area (Å²) in [7, 11) is 0. The van der Waals surface area contributed by atoms with Gasteiger partial charge in [0.15, 0.2) is 12.4 Å². The van der Waals surface area contributed by atoms with Crippen LogP contribution >= 0.6 is 23.2 Å². The second kappa shape index (κ2) is 10.7. The van der Waals surface area contributed by atoms with Gasteiger partial charge in [-0.2, -0.15) is 0 Å². The summed E-state index contributed by atoms with van der Waals surface area (Å²) in [5.41, 5.74) is 2.18. The first-order valence-electron chi connectivity index (χ1n) is 11.6. The van der Waals surface area contributed by atoms with Crippen molar-refractivity contribution in [1.29, 1.82) is 0 Å². The molecule has 2 heterocycles. The van der Waals surface area contributed by atoms with Crippen LogP contribution in [-0.2, 0) is 16.1 Å². The average molecular weight is 525 g/mol. The van der Waals surface area contributed by atoms with Gasteiger partial charge in [-0.25, -0.2) is 4.98 Å². The largest absolute Gasteiger partial charge is 0.872 e. The summed E-state index contributed by atoms with van der Waals surface area (Å²) in [5.74, 6) is -1.08. The van der Waals surface area contributed by atoms with E-state index in [0.717, 1.165) is 5.56 Å². The molecule has 1 atom stereocenters. The second-order valence-electron chi connectivity index (χ2n) is 9.17. The first-order valence-corrected chi connectivity index (χ1v) is 12.3. The van der Waals surface area contributed by atoms with Crippen LogP contribution in [0.15, 0.2) is 66.5 Å². The zero-order valence-corrected chi connectivity index (χ0v) is 21.7. The minimum absolute atomic E-state index is 0.114. The molecule has 36 heavy (non-hydrogen) atoms. The lowest BCUT2D eigenvalue weighted by atomic mass is 9.93. The number of benzene rings is 2. The normalized spacial score (nSPS) is 17.2. The average Bonchev–Trinajstić information content (AvgIpc) is 3.09. The Hall–Kier alpha value is -3.35. The number of likely N-dealkylation sites (tertiary alicyclic amines) is 1. The quantitative estimate of drug-likeness (QED) is 0.257. The van der Waals surface area contributed by atoms with Crippen LogP contribution in [0.25, 0.3) is 5.76 Å². The molecule has 1 N–H and O–H groups in total. The highest BCUT2D eigenvalue weighted by molar-refractivity contribution is 6.46. The summed E-state index contributed by atoms with van der Waals surface area (Å²) in [6, 6.07) is 12.7. The van der Waals surface area contributed by atoms with E-state index in [4.69, 9.17) is 27.9 Å². The van der Waals surface area contributed by atoms with Crippen molar-refractivity contribution >= 4 is 40.7 Å². The molecule has 8 heteroatoms. The Morgan fingerprint density at radius 3 is 2.53 bits per heavy atom. The predicted octanol–water partition coefficient (Wildman–Crippen LogP) is 4.57. The molecular formula is C28H26Cl2N2O4. The molecule has 1 unspecified atom stereocenters. The molecule has 0 spiro atoms. The van der Waals surface area contributed by atoms with Gasteiger partial charge in [0, 0.05) is 17.2 Å². The van der Waals surface area contributed by atoms with Crippen LogP contribution in [0.2, 0.25) is 10.0 Å². The number of aromatic amines is 1. The van der Waals surface area contributed by atoms with E-state index in [1.165, 1.54) is 4.90 Å². The molecule has 1 amide bonds. The van der Waals surface area contributed by atoms with Crippen molar-refractivity contribution in [1.82, 2.24) is 4.90 Å². The summed E-state index contributed by atoms with van der Waals surface area (Å²) >= 11 is 12.4. The first kappa shape index (κ1) is 25.7. The molecule has 2 aromatic carbocycles. The number of H-pyrrole nitrogens is 1. The first-order chi connectivity index (χ1) is 17.2. The number of rotatable bonds is 7. The van der Waals surface area contributed by atoms with E-state index in [1.807, 2.05) is 19.9 Å². The van der Waals surface area contributed by atoms with Crippen LogP contribution in [0.3, 0.4) is 0 Å². The van der Waals surface area contributed by atoms with E-state index in [-0.39, 0.29) is 17.1 Å². The molecule has 6 nitrogen and oxygen atoms in total. The lowest BCUT2D eigenvalue weighted by Crippen LogP contribution is -2.29. The number of Topliss-reactive ketones (excluding diaryl/α,β-unsaturated/α-hetero) is 1. The molecule has 4 rings (SSSR count). The number of amides is 1. The number of halogens is 2. The van der Waals surface area contributed by atoms with Crippen LogP contribution in [0.4, 0.5) is 0 Å². The molecule has 0 bridgehead atoms. The zero-order valence-electron chi connectivity index (χ0n) is 20.2. The van der Waals surface area contributed by atoms with Crippen molar-refractivity contribution in [2.24, 2.45) is 5.92 Å². The number of aryl methyl sites for hydroxylation is 1. The fraction of sp³-hybridized carbons (Fsp3) is 0.250. The third kappa shape index (κ3) is 5.25. The van der Waals surface area contributed by atoms with Crippen molar-refractivity contribution < 1.29 is 24.4 Å². The number of nitrogens with zero attached hydrogens (tertiary/aromatic N) is 1. The molecule has 1 saturated heterocycles. The second-order valence-corrected chi connectivity index (χ2v) is 9.99. The van der Waals surface area contributed by atoms with Crippen LogP contribution in [0, 0.1) is 12.8 Å². The van der Waals surface area contributed by atoms with E-state index in [2.05, 4.69) is 4.98 Å². The zero-order chi connectivity index (χ0) is 26.0. The Morgan fingerprint density at radius 2 is 1.89 bits per heavy atom. The Balaban J connectivity index is 1.82. The van der Waals surface area contributed by atoms with Crippen molar-refractivity contribution in [2.45, 2.75) is 33.4 Å². The number of ketones is 1. The fourth-order valence-corrected chi connectivity index (χ4v) is 4.48. The number of pyridine rings is 1. The maximum absolute atomic E-state index is 13.8. The van der Waals surface area contributed by atoms with Crippen molar-refractivity contribution in [3.05, 3.63) is 98.8 Å². The lowest BCUT2D eigenvalue weighted by Gasteiger charge is -2.28. The minimum atomic E-state index is -0.913. The third-order valence-electron chi connectivity index (χ3n) is 5.94. The molecule has 1 aliphatic heterocycles. The maximum Gasteiger partial charge on any atom is 0.295 e. The Kier molecular flexibility index (Phi) is 7.67. The van der Waals surface area contributed by atoms with Gasteiger partial charge in [0.25, 0.3) is 5.91 Å². The van der Waals surface area contributed by atoms with Crippen molar-refractivity contribution in [3.63, 3.8) is 0 Å². The number of nitrogens with one attached hydrogen (secondary N) is 1. The molecular weight excluding hydrogens is 499 g/mol. The number of hydrogen-bond donors (Lipinski definition) is 0. The molecule has 0 radical (unpaired) electrons. The van der Waals surface area contributed by atoms with Gasteiger partial charge in [0.2, 0.25) is 5.78 Å². The maximum atomic E-state index is 13.8. The van der Waals surface area contributed by atoms with E-state index in [9.17, 15) is 14.7 Å². The number of ether oxygens (including phenoxy) is 1. The Labute approximate surface area is 220 Å². The lowest BCUT2D eigenvalue weighted by molar-refractivity contribution is -0.378. The Morgan fingerprint density at radius 1 is 1.11 bits per heavy atom. The van der Waals surface area contributed by atoms with Crippen LogP contribution in [-0.4, -0.2) is 23.2 Å². The SMILES string of the molecule is Cc1cc(OCC(C)C)ccc1C([O-])=C1C(=O)C(=O)N(Cc2ccc[nH+]c2)C1c1ccc(Cl)c(Cl)c1. The van der Waals surface area contributed by atoms with Crippen molar-refractivity contribution in [3.8, 4) is 5.75 Å². The molecule has 1 aromatic heterocycles. The summed E-state index contributed by atoms with van der Waals surface area (Å²) in [5, 5.41) is 14.4. The highest BCUT2D eigenvalue weighted by Crippen LogP contribution is 2.41. The van der Waals surface area contributed by atoms with Gasteiger partial charge in [-0.15, -0.1) is 0 Å². The van der Waals surface area contributed by atoms with Gasteiger partial charge in [-0.1, -0.05) is 54.9 Å². The summed E-state index contributed by atoms with van der Waals surface area (Å²) < 4.78 is 5.77. The van der Waals surface area contributed by atoms with Gasteiger partial charge >= 0.3 is 0 Å². The smallest absolute Gasteiger partial charge is 0.295 e. The van der Waals surface area contributed by atoms with Gasteiger partial charge in [-0.3, -0.25) is 9.59 Å². The standard InChI is InChI=1S/C28H26Cl2N2O4/c1-16(2)15-36-20-7-8-21(17(3)11-20)26(33)24-25(19-6-9-22(29)23(30)12-19)32(28(35)27(24)34)14-18-5-4-10-31-13-18/h4-13,16,25,33H,14-15H2,1-3H3. The van der Waals surface area contributed by atoms with Gasteiger partial charge in [0.05, 0.1) is 29.2 Å². The predicted molar refractivity (Wildman–Crippen MR) is 136 cm³/mol. The molecule has 0 saturated carbocycles. The Bertz CT molecular complexity index is 1340. The van der Waals surface area contributed by atoms with E-state index in [0.29, 0.717) is 40.0 Å². The highest BCUT2D eigenvalue weighted by Gasteiger charge is 2.44.